The molecule has 0 bridgehead atoms. The normalized spacial score (nSPS) is 21.3. The van der Waals surface area contributed by atoms with E-state index in [9.17, 15) is 8.42 Å². The molecule has 1 N–H and O–H groups in total. The summed E-state index contributed by atoms with van der Waals surface area (Å²) in [4.78, 5) is 0. The van der Waals surface area contributed by atoms with E-state index < -0.39 is 10.2 Å². The smallest absolute Gasteiger partial charge is 0.205 e. The van der Waals surface area contributed by atoms with Crippen molar-refractivity contribution in [2.75, 3.05) is 20.1 Å². The lowest BCUT2D eigenvalue weighted by molar-refractivity contribution is 0.151. The maximum absolute atomic E-state index is 11.2. The highest BCUT2D eigenvalue weighted by Gasteiger charge is 2.36. The van der Waals surface area contributed by atoms with E-state index in [0.29, 0.717) is 24.9 Å². The standard InChI is InChI=1S/C7H16N2O2S/c1-6(2)7-4-9(5-7)12(10,11)8-3/h6-8H,4-5H2,1-3H3. The first-order valence-electron chi connectivity index (χ1n) is 4.16. The highest BCUT2D eigenvalue weighted by Crippen LogP contribution is 2.24. The molecular weight excluding hydrogens is 176 g/mol. The molecule has 0 aromatic rings. The predicted molar refractivity (Wildman–Crippen MR) is 47.9 cm³/mol. The maximum Gasteiger partial charge on any atom is 0.279 e. The zero-order valence-corrected chi connectivity index (χ0v) is 8.56. The van der Waals surface area contributed by atoms with Gasteiger partial charge < -0.3 is 0 Å². The molecule has 1 saturated heterocycles. The molecule has 4 nitrogen and oxygen atoms in total. The molecule has 0 atom stereocenters. The summed E-state index contributed by atoms with van der Waals surface area (Å²) in [6.45, 7) is 5.57. The third-order valence-corrected chi connectivity index (χ3v) is 3.91. The largest absolute Gasteiger partial charge is 0.279 e. The van der Waals surface area contributed by atoms with Crippen LogP contribution in [0.2, 0.25) is 0 Å². The van der Waals surface area contributed by atoms with Gasteiger partial charge in [0.25, 0.3) is 10.2 Å². The minimum absolute atomic E-state index is 0.535. The summed E-state index contributed by atoms with van der Waals surface area (Å²) in [6, 6.07) is 0. The van der Waals surface area contributed by atoms with Crippen LogP contribution in [0.15, 0.2) is 0 Å². The van der Waals surface area contributed by atoms with Crippen LogP contribution in [-0.2, 0) is 10.2 Å². The van der Waals surface area contributed by atoms with Gasteiger partial charge in [-0.3, -0.25) is 0 Å². The van der Waals surface area contributed by atoms with Crippen molar-refractivity contribution in [2.45, 2.75) is 13.8 Å². The molecular formula is C7H16N2O2S. The molecule has 0 saturated carbocycles. The summed E-state index contributed by atoms with van der Waals surface area (Å²) in [7, 11) is -1.70. The molecule has 5 heteroatoms. The van der Waals surface area contributed by atoms with E-state index in [4.69, 9.17) is 0 Å². The Bertz CT molecular complexity index is 242. The van der Waals surface area contributed by atoms with Crippen LogP contribution >= 0.6 is 0 Å². The lowest BCUT2D eigenvalue weighted by Gasteiger charge is -2.39. The summed E-state index contributed by atoms with van der Waals surface area (Å²) in [5.41, 5.74) is 0. The number of rotatable bonds is 3. The fourth-order valence-corrected chi connectivity index (χ4v) is 2.25. The van der Waals surface area contributed by atoms with Gasteiger partial charge in [-0.1, -0.05) is 13.8 Å². The lowest BCUT2D eigenvalue weighted by atomic mass is 9.91. The average molecular weight is 192 g/mol. The van der Waals surface area contributed by atoms with Crippen LogP contribution in [-0.4, -0.2) is 32.9 Å². The highest BCUT2D eigenvalue weighted by molar-refractivity contribution is 7.87. The first-order chi connectivity index (χ1) is 5.47. The van der Waals surface area contributed by atoms with Crippen molar-refractivity contribution in [2.24, 2.45) is 11.8 Å². The quantitative estimate of drug-likeness (QED) is 0.686. The van der Waals surface area contributed by atoms with E-state index in [1.165, 1.54) is 11.4 Å². The van der Waals surface area contributed by atoms with Crippen LogP contribution < -0.4 is 4.72 Å². The van der Waals surface area contributed by atoms with Crippen LogP contribution in [0, 0.1) is 11.8 Å². The molecule has 0 aromatic carbocycles. The van der Waals surface area contributed by atoms with Crippen LogP contribution in [0.4, 0.5) is 0 Å². The molecule has 0 radical (unpaired) electrons. The van der Waals surface area contributed by atoms with Crippen LogP contribution in [0.3, 0.4) is 0 Å². The Hall–Kier alpha value is -0.130. The molecule has 0 aromatic heterocycles. The Morgan fingerprint density at radius 1 is 1.42 bits per heavy atom. The van der Waals surface area contributed by atoms with Crippen molar-refractivity contribution in [1.82, 2.24) is 9.03 Å². The third-order valence-electron chi connectivity index (χ3n) is 2.42. The van der Waals surface area contributed by atoms with Gasteiger partial charge in [0.05, 0.1) is 0 Å². The summed E-state index contributed by atoms with van der Waals surface area (Å²) in [6.07, 6.45) is 0. The number of hydrogen-bond acceptors (Lipinski definition) is 2. The zero-order valence-electron chi connectivity index (χ0n) is 7.74. The minimum Gasteiger partial charge on any atom is -0.205 e. The topological polar surface area (TPSA) is 49.4 Å². The SMILES string of the molecule is CNS(=O)(=O)N1CC(C(C)C)C1. The Balaban J connectivity index is 2.45. The fraction of sp³-hybridized carbons (Fsp3) is 1.00. The molecule has 1 heterocycles. The third kappa shape index (κ3) is 1.78. The van der Waals surface area contributed by atoms with E-state index in [-0.39, 0.29) is 0 Å². The van der Waals surface area contributed by atoms with Crippen molar-refractivity contribution >= 4 is 10.2 Å². The number of nitrogens with one attached hydrogen (secondary N) is 1. The lowest BCUT2D eigenvalue weighted by Crippen LogP contribution is -2.54. The van der Waals surface area contributed by atoms with Crippen molar-refractivity contribution < 1.29 is 8.42 Å². The molecule has 0 amide bonds. The fourth-order valence-electron chi connectivity index (χ4n) is 1.22. The summed E-state index contributed by atoms with van der Waals surface area (Å²) >= 11 is 0. The Labute approximate surface area is 74.1 Å². The molecule has 1 aliphatic heterocycles. The van der Waals surface area contributed by atoms with E-state index in [0.717, 1.165) is 0 Å². The van der Waals surface area contributed by atoms with Gasteiger partial charge in [0, 0.05) is 20.1 Å². The van der Waals surface area contributed by atoms with Crippen molar-refractivity contribution in [3.05, 3.63) is 0 Å². The van der Waals surface area contributed by atoms with Gasteiger partial charge in [-0.2, -0.15) is 12.7 Å². The zero-order chi connectivity index (χ0) is 9.35. The van der Waals surface area contributed by atoms with Crippen molar-refractivity contribution in [3.8, 4) is 0 Å². The van der Waals surface area contributed by atoms with Gasteiger partial charge >= 0.3 is 0 Å². The molecule has 0 aliphatic carbocycles. The first-order valence-corrected chi connectivity index (χ1v) is 5.60. The Kier molecular flexibility index (Phi) is 2.75. The van der Waals surface area contributed by atoms with Gasteiger partial charge in [0.2, 0.25) is 0 Å². The van der Waals surface area contributed by atoms with Crippen LogP contribution in [0.25, 0.3) is 0 Å². The minimum atomic E-state index is -3.14. The van der Waals surface area contributed by atoms with Gasteiger partial charge in [-0.15, -0.1) is 0 Å². The summed E-state index contributed by atoms with van der Waals surface area (Å²) in [5, 5.41) is 0. The molecule has 1 aliphatic rings. The second-order valence-corrected chi connectivity index (χ2v) is 5.41. The van der Waals surface area contributed by atoms with Gasteiger partial charge in [0.1, 0.15) is 0 Å². The second kappa shape index (κ2) is 3.32. The molecule has 0 spiro atoms. The van der Waals surface area contributed by atoms with Crippen LogP contribution in [0.1, 0.15) is 13.8 Å². The average Bonchev–Trinajstić information content (AvgIpc) is 1.82. The van der Waals surface area contributed by atoms with E-state index in [1.807, 2.05) is 0 Å². The monoisotopic (exact) mass is 192 g/mol. The summed E-state index contributed by atoms with van der Waals surface area (Å²) in [5.74, 6) is 1.11. The van der Waals surface area contributed by atoms with Gasteiger partial charge in [-0.25, -0.2) is 4.72 Å². The van der Waals surface area contributed by atoms with Crippen molar-refractivity contribution in [1.29, 1.82) is 0 Å². The van der Waals surface area contributed by atoms with Crippen molar-refractivity contribution in [3.63, 3.8) is 0 Å². The Morgan fingerprint density at radius 3 is 2.25 bits per heavy atom. The molecule has 72 valence electrons. The van der Waals surface area contributed by atoms with Crippen LogP contribution in [0.5, 0.6) is 0 Å². The maximum atomic E-state index is 11.2. The molecule has 1 fully saturated rings. The van der Waals surface area contributed by atoms with E-state index in [1.54, 1.807) is 0 Å². The number of hydrogen-bond donors (Lipinski definition) is 1. The molecule has 12 heavy (non-hydrogen) atoms. The van der Waals surface area contributed by atoms with E-state index >= 15 is 0 Å². The van der Waals surface area contributed by atoms with Gasteiger partial charge in [-0.05, 0) is 11.8 Å². The number of nitrogens with zero attached hydrogens (tertiary/aromatic N) is 1. The molecule has 1 rings (SSSR count). The Morgan fingerprint density at radius 2 is 1.92 bits per heavy atom. The van der Waals surface area contributed by atoms with E-state index in [2.05, 4.69) is 18.6 Å². The second-order valence-electron chi connectivity index (χ2n) is 3.53. The first kappa shape index (κ1) is 9.95. The summed E-state index contributed by atoms with van der Waals surface area (Å²) < 4.78 is 26.1. The predicted octanol–water partition coefficient (Wildman–Crippen LogP) is 0.0384. The molecule has 0 unspecified atom stereocenters. The van der Waals surface area contributed by atoms with Gasteiger partial charge in [0.15, 0.2) is 0 Å². The highest BCUT2D eigenvalue weighted by atomic mass is 32.2.